The molecule has 0 spiro atoms. The highest BCUT2D eigenvalue weighted by Gasteiger charge is 2.09. The largest absolute Gasteiger partial charge is 0.456 e. The van der Waals surface area contributed by atoms with Crippen LogP contribution in [-0.2, 0) is 20.7 Å². The predicted octanol–water partition coefficient (Wildman–Crippen LogP) is 3.95. The number of esters is 1. The number of ether oxygens (including phenoxy) is 1. The molecule has 6 heteroatoms. The van der Waals surface area contributed by atoms with Crippen molar-refractivity contribution in [3.8, 4) is 0 Å². The first kappa shape index (κ1) is 18.3. The monoisotopic (exact) mass is 460 g/mol. The molecule has 1 heterocycles. The van der Waals surface area contributed by atoms with Crippen molar-refractivity contribution in [2.24, 2.45) is 0 Å². The fraction of sp³-hybridized carbons (Fsp3) is 0.150. The molecule has 0 saturated heterocycles. The second-order valence-corrected chi connectivity index (χ2v) is 6.96. The average molecular weight is 460 g/mol. The second-order valence-electron chi connectivity index (χ2n) is 5.71. The fourth-order valence-electron chi connectivity index (χ4n) is 2.46. The summed E-state index contributed by atoms with van der Waals surface area (Å²) in [7, 11) is 0. The molecule has 0 bridgehead atoms. The number of anilines is 1. The number of aryl methyl sites for hydroxylation is 1. The van der Waals surface area contributed by atoms with Crippen molar-refractivity contribution < 1.29 is 14.3 Å². The third-order valence-electron chi connectivity index (χ3n) is 3.71. The van der Waals surface area contributed by atoms with Gasteiger partial charge in [-0.3, -0.25) is 14.6 Å². The van der Waals surface area contributed by atoms with Gasteiger partial charge in [-0.1, -0.05) is 30.3 Å². The van der Waals surface area contributed by atoms with Gasteiger partial charge in [-0.15, -0.1) is 0 Å². The van der Waals surface area contributed by atoms with E-state index in [1.807, 2.05) is 54.6 Å². The van der Waals surface area contributed by atoms with Crippen molar-refractivity contribution in [1.82, 2.24) is 4.98 Å². The van der Waals surface area contributed by atoms with Gasteiger partial charge >= 0.3 is 5.97 Å². The molecule has 1 N–H and O–H groups in total. The molecule has 0 saturated carbocycles. The van der Waals surface area contributed by atoms with E-state index in [2.05, 4.69) is 32.9 Å². The van der Waals surface area contributed by atoms with E-state index in [0.717, 1.165) is 20.2 Å². The number of carbonyl (C=O) groups excluding carboxylic acids is 2. The number of amides is 1. The molecule has 1 aromatic heterocycles. The fourth-order valence-corrected chi connectivity index (χ4v) is 3.00. The number of nitrogens with zero attached hydrogens (tertiary/aromatic N) is 1. The molecule has 3 aromatic rings. The van der Waals surface area contributed by atoms with Crippen LogP contribution in [0.4, 0.5) is 5.69 Å². The quantitative estimate of drug-likeness (QED) is 0.447. The molecule has 0 unspecified atom stereocenters. The highest BCUT2D eigenvalue weighted by molar-refractivity contribution is 14.1. The van der Waals surface area contributed by atoms with E-state index in [1.54, 1.807) is 6.07 Å². The van der Waals surface area contributed by atoms with E-state index in [9.17, 15) is 9.59 Å². The Morgan fingerprint density at radius 3 is 2.73 bits per heavy atom. The van der Waals surface area contributed by atoms with Crippen LogP contribution in [0.5, 0.6) is 0 Å². The highest BCUT2D eigenvalue weighted by atomic mass is 127. The zero-order valence-electron chi connectivity index (χ0n) is 13.9. The van der Waals surface area contributed by atoms with E-state index in [4.69, 9.17) is 4.74 Å². The Kier molecular flexibility index (Phi) is 6.17. The lowest BCUT2D eigenvalue weighted by Gasteiger charge is -2.07. The number of pyridine rings is 1. The van der Waals surface area contributed by atoms with E-state index in [0.29, 0.717) is 12.1 Å². The summed E-state index contributed by atoms with van der Waals surface area (Å²) in [5.41, 5.74) is 2.40. The number of fused-ring (bicyclic) bond motifs is 1. The van der Waals surface area contributed by atoms with Crippen LogP contribution in [0, 0.1) is 3.57 Å². The summed E-state index contributed by atoms with van der Waals surface area (Å²) < 4.78 is 6.05. The van der Waals surface area contributed by atoms with Gasteiger partial charge in [0.25, 0.3) is 5.91 Å². The number of halogens is 1. The molecule has 0 fully saturated rings. The van der Waals surface area contributed by atoms with Crippen LogP contribution in [0.1, 0.15) is 12.1 Å². The lowest BCUT2D eigenvalue weighted by Crippen LogP contribution is -2.21. The van der Waals surface area contributed by atoms with Crippen molar-refractivity contribution in [1.29, 1.82) is 0 Å². The smallest absolute Gasteiger partial charge is 0.306 e. The number of nitrogens with one attached hydrogen (secondary N) is 1. The summed E-state index contributed by atoms with van der Waals surface area (Å²) in [6, 6.07) is 19.1. The molecule has 2 aromatic carbocycles. The van der Waals surface area contributed by atoms with Crippen LogP contribution in [0.15, 0.2) is 60.7 Å². The number of hydrogen-bond donors (Lipinski definition) is 1. The zero-order chi connectivity index (χ0) is 18.4. The summed E-state index contributed by atoms with van der Waals surface area (Å²) in [5, 5.41) is 3.76. The molecule has 3 rings (SSSR count). The van der Waals surface area contributed by atoms with E-state index in [1.165, 1.54) is 0 Å². The maximum atomic E-state index is 11.9. The number of hydrogen-bond acceptors (Lipinski definition) is 4. The first-order valence-corrected chi connectivity index (χ1v) is 9.24. The van der Waals surface area contributed by atoms with Crippen molar-refractivity contribution in [2.75, 3.05) is 11.9 Å². The van der Waals surface area contributed by atoms with E-state index in [-0.39, 0.29) is 18.9 Å². The number of aromatic nitrogens is 1. The highest BCUT2D eigenvalue weighted by Crippen LogP contribution is 2.13. The molecule has 0 radical (unpaired) electrons. The Bertz CT molecular complexity index is 943. The van der Waals surface area contributed by atoms with E-state index < -0.39 is 5.97 Å². The molecule has 26 heavy (non-hydrogen) atoms. The Morgan fingerprint density at radius 2 is 1.88 bits per heavy atom. The average Bonchev–Trinajstić information content (AvgIpc) is 2.64. The molecule has 132 valence electrons. The second kappa shape index (κ2) is 8.75. The Labute approximate surface area is 164 Å². The van der Waals surface area contributed by atoms with Crippen LogP contribution in [0.25, 0.3) is 10.9 Å². The Hall–Kier alpha value is -2.48. The first-order valence-electron chi connectivity index (χ1n) is 8.16. The lowest BCUT2D eigenvalue weighted by atomic mass is 10.1. The SMILES string of the molecule is O=C(COC(=O)CCc1ccc2ccccc2n1)Nc1cccc(I)c1. The molecule has 1 amide bonds. The van der Waals surface area contributed by atoms with Gasteiger partial charge in [0, 0.05) is 26.8 Å². The molecule has 0 atom stereocenters. The Morgan fingerprint density at radius 1 is 1.04 bits per heavy atom. The Balaban J connectivity index is 1.45. The van der Waals surface area contributed by atoms with Crippen LogP contribution in [-0.4, -0.2) is 23.5 Å². The van der Waals surface area contributed by atoms with Gasteiger partial charge in [0.15, 0.2) is 6.61 Å². The summed E-state index contributed by atoms with van der Waals surface area (Å²) in [5.74, 6) is -0.776. The lowest BCUT2D eigenvalue weighted by molar-refractivity contribution is -0.147. The van der Waals surface area contributed by atoms with Crippen LogP contribution >= 0.6 is 22.6 Å². The van der Waals surface area contributed by atoms with Crippen molar-refractivity contribution >= 4 is 51.1 Å². The maximum Gasteiger partial charge on any atom is 0.306 e. The van der Waals surface area contributed by atoms with Crippen LogP contribution < -0.4 is 5.32 Å². The topological polar surface area (TPSA) is 68.3 Å². The minimum absolute atomic E-state index is 0.182. The van der Waals surface area contributed by atoms with Crippen LogP contribution in [0.2, 0.25) is 0 Å². The zero-order valence-corrected chi connectivity index (χ0v) is 16.1. The molecule has 5 nitrogen and oxygen atoms in total. The molecule has 0 aliphatic carbocycles. The minimum atomic E-state index is -0.419. The van der Waals surface area contributed by atoms with Gasteiger partial charge in [0.1, 0.15) is 0 Å². The summed E-state index contributed by atoms with van der Waals surface area (Å²) in [6.07, 6.45) is 0.657. The third-order valence-corrected chi connectivity index (χ3v) is 4.38. The van der Waals surface area contributed by atoms with Crippen molar-refractivity contribution in [3.05, 3.63) is 69.9 Å². The number of para-hydroxylation sites is 1. The number of rotatable bonds is 6. The molecule has 0 aliphatic heterocycles. The minimum Gasteiger partial charge on any atom is -0.456 e. The summed E-state index contributed by atoms with van der Waals surface area (Å²) in [6.45, 7) is -0.296. The molecule has 0 aliphatic rings. The third kappa shape index (κ3) is 5.26. The number of benzene rings is 2. The normalized spacial score (nSPS) is 10.5. The summed E-state index contributed by atoms with van der Waals surface area (Å²) >= 11 is 2.16. The van der Waals surface area contributed by atoms with E-state index >= 15 is 0 Å². The maximum absolute atomic E-state index is 11.9. The van der Waals surface area contributed by atoms with Gasteiger partial charge in [-0.05, 0) is 52.9 Å². The van der Waals surface area contributed by atoms with Gasteiger partial charge in [-0.25, -0.2) is 0 Å². The standard InChI is InChI=1S/C20H17IN2O3/c21-15-5-3-6-17(12-15)23-19(24)13-26-20(25)11-10-16-9-8-14-4-1-2-7-18(14)22-16/h1-9,12H,10-11,13H2,(H,23,24). The molecular formula is C20H17IN2O3. The van der Waals surface area contributed by atoms with Crippen molar-refractivity contribution in [2.45, 2.75) is 12.8 Å². The van der Waals surface area contributed by atoms with Gasteiger partial charge in [0.2, 0.25) is 0 Å². The van der Waals surface area contributed by atoms with Gasteiger partial charge in [0.05, 0.1) is 11.9 Å². The van der Waals surface area contributed by atoms with Crippen LogP contribution in [0.3, 0.4) is 0 Å². The van der Waals surface area contributed by atoms with Gasteiger partial charge < -0.3 is 10.1 Å². The van der Waals surface area contributed by atoms with Crippen molar-refractivity contribution in [3.63, 3.8) is 0 Å². The predicted molar refractivity (Wildman–Crippen MR) is 109 cm³/mol. The van der Waals surface area contributed by atoms with Gasteiger partial charge in [-0.2, -0.15) is 0 Å². The first-order chi connectivity index (χ1) is 12.6. The summed E-state index contributed by atoms with van der Waals surface area (Å²) in [4.78, 5) is 28.2. The number of carbonyl (C=O) groups is 2. The molecular weight excluding hydrogens is 443 g/mol.